The zero-order chi connectivity index (χ0) is 6.81. The lowest BCUT2D eigenvalue weighted by Crippen LogP contribution is -2.34. The van der Waals surface area contributed by atoms with Crippen molar-refractivity contribution in [3.8, 4) is 0 Å². The maximum absolute atomic E-state index is 3.32. The molecule has 0 bridgehead atoms. The van der Waals surface area contributed by atoms with Crippen molar-refractivity contribution >= 4 is 0 Å². The number of hydrogen-bond acceptors (Lipinski definition) is 3. The van der Waals surface area contributed by atoms with Crippen molar-refractivity contribution in [1.82, 2.24) is 15.8 Å². The van der Waals surface area contributed by atoms with E-state index in [0.29, 0.717) is 0 Å². The van der Waals surface area contributed by atoms with Gasteiger partial charge in [0.2, 0.25) is 0 Å². The molecule has 2 aliphatic heterocycles. The first-order chi connectivity index (χ1) is 4.97. The van der Waals surface area contributed by atoms with Crippen molar-refractivity contribution < 1.29 is 0 Å². The highest BCUT2D eigenvalue weighted by molar-refractivity contribution is 5.04. The first kappa shape index (κ1) is 6.04. The molecule has 56 valence electrons. The minimum Gasteiger partial charge on any atom is -0.371 e. The van der Waals surface area contributed by atoms with Crippen LogP contribution in [0.1, 0.15) is 12.8 Å². The molecule has 0 aromatic rings. The van der Waals surface area contributed by atoms with E-state index in [9.17, 15) is 0 Å². The molecule has 0 aliphatic carbocycles. The molecule has 3 heteroatoms. The highest BCUT2D eigenvalue weighted by Crippen LogP contribution is 2.08. The Bertz CT molecular complexity index is 147. The summed E-state index contributed by atoms with van der Waals surface area (Å²) in [5.74, 6) is 1.28. The lowest BCUT2D eigenvalue weighted by molar-refractivity contribution is 0.308. The smallest absolute Gasteiger partial charge is 0.112 e. The molecule has 2 rings (SSSR count). The monoisotopic (exact) mass is 139 g/mol. The van der Waals surface area contributed by atoms with Crippen LogP contribution in [0.2, 0.25) is 0 Å². The van der Waals surface area contributed by atoms with Gasteiger partial charge in [0.05, 0.1) is 0 Å². The van der Waals surface area contributed by atoms with Crippen molar-refractivity contribution in [2.75, 3.05) is 19.6 Å². The van der Waals surface area contributed by atoms with E-state index >= 15 is 0 Å². The summed E-state index contributed by atoms with van der Waals surface area (Å²) in [5, 5.41) is 5.52. The molecule has 0 unspecified atom stereocenters. The maximum Gasteiger partial charge on any atom is 0.112 e. The van der Waals surface area contributed by atoms with Crippen LogP contribution in [0.5, 0.6) is 0 Å². The molecule has 10 heavy (non-hydrogen) atoms. The van der Waals surface area contributed by atoms with Gasteiger partial charge in [-0.25, -0.2) is 5.43 Å². The Hall–Kier alpha value is -0.700. The molecule has 0 amide bonds. The predicted molar refractivity (Wildman–Crippen MR) is 40.0 cm³/mol. The lowest BCUT2D eigenvalue weighted by atomic mass is 10.4. The number of nitrogens with zero attached hydrogens (tertiary/aromatic N) is 1. The van der Waals surface area contributed by atoms with E-state index in [0.717, 1.165) is 19.6 Å². The van der Waals surface area contributed by atoms with Gasteiger partial charge in [-0.1, -0.05) is 0 Å². The van der Waals surface area contributed by atoms with Gasteiger partial charge in [-0.15, -0.1) is 0 Å². The third-order valence-corrected chi connectivity index (χ3v) is 1.94. The van der Waals surface area contributed by atoms with E-state index in [1.54, 1.807) is 0 Å². The molecule has 1 fully saturated rings. The quantitative estimate of drug-likeness (QED) is 0.537. The number of rotatable bonds is 1. The summed E-state index contributed by atoms with van der Waals surface area (Å²) in [4.78, 5) is 0. The molecule has 0 spiro atoms. The Morgan fingerprint density at radius 2 is 2.40 bits per heavy atom. The van der Waals surface area contributed by atoms with Gasteiger partial charge < -0.3 is 5.32 Å². The van der Waals surface area contributed by atoms with Crippen molar-refractivity contribution in [2.45, 2.75) is 12.8 Å². The summed E-state index contributed by atoms with van der Waals surface area (Å²) in [6.07, 6.45) is 4.69. The van der Waals surface area contributed by atoms with Crippen molar-refractivity contribution in [2.24, 2.45) is 0 Å². The van der Waals surface area contributed by atoms with Gasteiger partial charge in [0, 0.05) is 19.6 Å². The van der Waals surface area contributed by atoms with Gasteiger partial charge >= 0.3 is 0 Å². The standard InChI is InChI=1S/C7H13N3/c1-3-7(8-4-1)10-6-2-5-9-10/h3,8-9H,1-2,4-6H2. The average Bonchev–Trinajstić information content (AvgIpc) is 2.59. The first-order valence-electron chi connectivity index (χ1n) is 3.92. The third kappa shape index (κ3) is 0.968. The fraction of sp³-hybridized carbons (Fsp3) is 0.714. The Morgan fingerprint density at radius 1 is 1.40 bits per heavy atom. The summed E-state index contributed by atoms with van der Waals surface area (Å²) in [6, 6.07) is 0. The van der Waals surface area contributed by atoms with E-state index in [2.05, 4.69) is 21.8 Å². The SMILES string of the molecule is C1=C(N2CCCN2)NCC1. The molecule has 0 atom stereocenters. The van der Waals surface area contributed by atoms with Crippen LogP contribution in [0, 0.1) is 0 Å². The number of nitrogens with one attached hydrogen (secondary N) is 2. The molecule has 2 heterocycles. The summed E-state index contributed by atoms with van der Waals surface area (Å²) in [6.45, 7) is 3.38. The van der Waals surface area contributed by atoms with E-state index in [4.69, 9.17) is 0 Å². The van der Waals surface area contributed by atoms with Crippen LogP contribution in [-0.2, 0) is 0 Å². The second kappa shape index (κ2) is 2.50. The van der Waals surface area contributed by atoms with Gasteiger partial charge in [-0.3, -0.25) is 5.01 Å². The largest absolute Gasteiger partial charge is 0.371 e. The van der Waals surface area contributed by atoms with Crippen LogP contribution in [0.15, 0.2) is 11.9 Å². The minimum absolute atomic E-state index is 1.10. The van der Waals surface area contributed by atoms with E-state index < -0.39 is 0 Å². The predicted octanol–water partition coefficient (Wildman–Crippen LogP) is 0.0314. The van der Waals surface area contributed by atoms with Gasteiger partial charge in [0.1, 0.15) is 5.82 Å². The highest BCUT2D eigenvalue weighted by Gasteiger charge is 2.15. The fourth-order valence-corrected chi connectivity index (χ4v) is 1.42. The highest BCUT2D eigenvalue weighted by atomic mass is 15.6. The molecule has 2 N–H and O–H groups in total. The number of hydrogen-bond donors (Lipinski definition) is 2. The molecule has 3 nitrogen and oxygen atoms in total. The molecule has 0 saturated carbocycles. The van der Waals surface area contributed by atoms with Crippen molar-refractivity contribution in [3.63, 3.8) is 0 Å². The lowest BCUT2D eigenvalue weighted by Gasteiger charge is -2.18. The second-order valence-corrected chi connectivity index (χ2v) is 2.72. The summed E-state index contributed by atoms with van der Waals surface area (Å²) in [7, 11) is 0. The second-order valence-electron chi connectivity index (χ2n) is 2.72. The van der Waals surface area contributed by atoms with E-state index in [1.165, 1.54) is 18.7 Å². The van der Waals surface area contributed by atoms with E-state index in [1.807, 2.05) is 0 Å². The van der Waals surface area contributed by atoms with Crippen LogP contribution < -0.4 is 10.7 Å². The number of hydrazine groups is 1. The average molecular weight is 139 g/mol. The zero-order valence-electron chi connectivity index (χ0n) is 6.06. The van der Waals surface area contributed by atoms with Crippen LogP contribution in [0.3, 0.4) is 0 Å². The van der Waals surface area contributed by atoms with Gasteiger partial charge in [0.25, 0.3) is 0 Å². The maximum atomic E-state index is 3.32. The van der Waals surface area contributed by atoms with Gasteiger partial charge in [-0.2, -0.15) is 0 Å². The van der Waals surface area contributed by atoms with Crippen molar-refractivity contribution in [3.05, 3.63) is 11.9 Å². The summed E-state index contributed by atoms with van der Waals surface area (Å²) in [5.41, 5.74) is 3.30. The molecule has 0 aromatic heterocycles. The Morgan fingerprint density at radius 3 is 3.00 bits per heavy atom. The van der Waals surface area contributed by atoms with Crippen LogP contribution in [-0.4, -0.2) is 24.6 Å². The minimum atomic E-state index is 1.10. The Balaban J connectivity index is 1.97. The molecular weight excluding hydrogens is 126 g/mol. The van der Waals surface area contributed by atoms with Gasteiger partial charge in [0.15, 0.2) is 0 Å². The van der Waals surface area contributed by atoms with Gasteiger partial charge in [-0.05, 0) is 18.9 Å². The normalized spacial score (nSPS) is 24.8. The fourth-order valence-electron chi connectivity index (χ4n) is 1.42. The summed E-state index contributed by atoms with van der Waals surface area (Å²) >= 11 is 0. The Kier molecular flexibility index (Phi) is 1.51. The topological polar surface area (TPSA) is 27.3 Å². The molecule has 2 aliphatic rings. The molecule has 0 aromatic carbocycles. The van der Waals surface area contributed by atoms with Crippen LogP contribution in [0.4, 0.5) is 0 Å². The van der Waals surface area contributed by atoms with E-state index in [-0.39, 0.29) is 0 Å². The van der Waals surface area contributed by atoms with Crippen LogP contribution in [0.25, 0.3) is 0 Å². The first-order valence-corrected chi connectivity index (χ1v) is 3.92. The Labute approximate surface area is 61.1 Å². The molecular formula is C7H13N3. The van der Waals surface area contributed by atoms with Crippen LogP contribution >= 0.6 is 0 Å². The zero-order valence-corrected chi connectivity index (χ0v) is 6.06. The van der Waals surface area contributed by atoms with Crippen molar-refractivity contribution in [1.29, 1.82) is 0 Å². The third-order valence-electron chi connectivity index (χ3n) is 1.94. The summed E-state index contributed by atoms with van der Waals surface area (Å²) < 4.78 is 0. The molecule has 1 saturated heterocycles. The molecule has 0 radical (unpaired) electrons.